The molecule has 0 fully saturated rings. The third kappa shape index (κ3) is 3.03. The fraction of sp³-hybridized carbons (Fsp3) is 0.286. The first-order valence-corrected chi connectivity index (χ1v) is 6.27. The molecule has 0 saturated heterocycles. The molecule has 0 aromatic heterocycles. The van der Waals surface area contributed by atoms with Gasteiger partial charge in [0, 0.05) is 11.6 Å². The van der Waals surface area contributed by atoms with Gasteiger partial charge in [-0.05, 0) is 17.7 Å². The average molecular weight is 280 g/mol. The Hall–Kier alpha value is -1.65. The number of hydrogen-bond acceptors (Lipinski definition) is 4. The number of hydrogen-bond donors (Lipinski definition) is 0. The molecule has 0 amide bonds. The first-order chi connectivity index (χ1) is 9.13. The number of carbonyl (C=O) groups excluding carboxylic acids is 2. The van der Waals surface area contributed by atoms with E-state index in [0.29, 0.717) is 17.1 Å². The van der Waals surface area contributed by atoms with Crippen LogP contribution in [0.15, 0.2) is 36.4 Å². The van der Waals surface area contributed by atoms with E-state index in [4.69, 9.17) is 16.3 Å². The molecule has 2 rings (SSSR count). The average Bonchev–Trinajstić information content (AvgIpc) is 2.41. The van der Waals surface area contributed by atoms with E-state index in [2.05, 4.69) is 0 Å². The lowest BCUT2D eigenvalue weighted by Crippen LogP contribution is -2.40. The molecule has 19 heavy (non-hydrogen) atoms. The zero-order valence-electron chi connectivity index (χ0n) is 10.5. The number of carbonyl (C=O) groups is 2. The summed E-state index contributed by atoms with van der Waals surface area (Å²) in [6, 6.07) is 6.43. The molecule has 0 N–H and O–H groups in total. The van der Waals surface area contributed by atoms with Gasteiger partial charge in [-0.1, -0.05) is 35.9 Å². The van der Waals surface area contributed by atoms with E-state index in [-0.39, 0.29) is 12.3 Å². The van der Waals surface area contributed by atoms with Crippen molar-refractivity contribution in [1.82, 2.24) is 4.90 Å². The minimum atomic E-state index is -0.660. The molecule has 1 atom stereocenters. The maximum Gasteiger partial charge on any atom is 0.327 e. The number of methoxy groups -OCH3 is 1. The van der Waals surface area contributed by atoms with Crippen molar-refractivity contribution in [2.24, 2.45) is 0 Å². The second-order valence-corrected chi connectivity index (χ2v) is 4.65. The Morgan fingerprint density at radius 3 is 2.79 bits per heavy atom. The molecule has 100 valence electrons. The van der Waals surface area contributed by atoms with Gasteiger partial charge in [0.25, 0.3) is 0 Å². The second-order valence-electron chi connectivity index (χ2n) is 4.25. The van der Waals surface area contributed by atoms with Crippen molar-refractivity contribution >= 4 is 23.4 Å². The third-order valence-corrected chi connectivity index (χ3v) is 3.34. The fourth-order valence-corrected chi connectivity index (χ4v) is 2.35. The highest BCUT2D eigenvalue weighted by Crippen LogP contribution is 2.29. The van der Waals surface area contributed by atoms with E-state index >= 15 is 0 Å². The molecule has 1 aliphatic rings. The van der Waals surface area contributed by atoms with Crippen LogP contribution in [0.5, 0.6) is 0 Å². The Morgan fingerprint density at radius 2 is 2.16 bits per heavy atom. The van der Waals surface area contributed by atoms with Crippen molar-refractivity contribution in [3.05, 3.63) is 47.0 Å². The quantitative estimate of drug-likeness (QED) is 0.794. The molecule has 0 saturated carbocycles. The van der Waals surface area contributed by atoms with Gasteiger partial charge in [0.2, 0.25) is 0 Å². The van der Waals surface area contributed by atoms with Crippen LogP contribution in [0.3, 0.4) is 0 Å². The molecule has 0 bridgehead atoms. The number of rotatable bonds is 3. The lowest BCUT2D eigenvalue weighted by Gasteiger charge is -2.30. The van der Waals surface area contributed by atoms with Crippen LogP contribution in [-0.4, -0.2) is 36.9 Å². The molecule has 0 radical (unpaired) electrons. The number of ether oxygens (including phenoxy) is 1. The molecule has 5 heteroatoms. The molecule has 0 spiro atoms. The zero-order chi connectivity index (χ0) is 13.8. The summed E-state index contributed by atoms with van der Waals surface area (Å²) in [5.74, 6) is -0.455. The third-order valence-electron chi connectivity index (χ3n) is 2.99. The predicted octanol–water partition coefficient (Wildman–Crippen LogP) is 1.99. The summed E-state index contributed by atoms with van der Waals surface area (Å²) >= 11 is 6.14. The van der Waals surface area contributed by atoms with Crippen molar-refractivity contribution < 1.29 is 14.3 Å². The van der Waals surface area contributed by atoms with Gasteiger partial charge >= 0.3 is 5.97 Å². The van der Waals surface area contributed by atoms with Crippen LogP contribution in [0.2, 0.25) is 5.02 Å². The summed E-state index contributed by atoms with van der Waals surface area (Å²) in [5, 5.41) is 0.486. The Morgan fingerprint density at radius 1 is 1.42 bits per heavy atom. The Balaban J connectivity index is 2.37. The topological polar surface area (TPSA) is 46.6 Å². The van der Waals surface area contributed by atoms with Gasteiger partial charge < -0.3 is 4.74 Å². The van der Waals surface area contributed by atoms with Crippen LogP contribution in [0, 0.1) is 0 Å². The van der Waals surface area contributed by atoms with Gasteiger partial charge in [0.15, 0.2) is 5.78 Å². The van der Waals surface area contributed by atoms with Crippen LogP contribution in [0.25, 0.3) is 0 Å². The smallest absolute Gasteiger partial charge is 0.327 e. The van der Waals surface area contributed by atoms with E-state index < -0.39 is 12.0 Å². The van der Waals surface area contributed by atoms with E-state index in [1.165, 1.54) is 13.2 Å². The molecule has 1 unspecified atom stereocenters. The van der Waals surface area contributed by atoms with E-state index in [1.807, 2.05) is 0 Å². The summed E-state index contributed by atoms with van der Waals surface area (Å²) in [7, 11) is 1.33. The van der Waals surface area contributed by atoms with E-state index in [0.717, 1.165) is 0 Å². The van der Waals surface area contributed by atoms with Gasteiger partial charge in [-0.15, -0.1) is 0 Å². The normalized spacial score (nSPS) is 17.3. The minimum Gasteiger partial charge on any atom is -0.468 e. The van der Waals surface area contributed by atoms with Crippen molar-refractivity contribution in [2.45, 2.75) is 6.04 Å². The molecule has 0 aliphatic carbocycles. The molecule has 1 aromatic carbocycles. The summed E-state index contributed by atoms with van der Waals surface area (Å²) in [4.78, 5) is 25.2. The largest absolute Gasteiger partial charge is 0.468 e. The zero-order valence-corrected chi connectivity index (χ0v) is 11.3. The number of benzene rings is 1. The van der Waals surface area contributed by atoms with Crippen LogP contribution < -0.4 is 0 Å². The summed E-state index contributed by atoms with van der Waals surface area (Å²) in [5.41, 5.74) is 0.652. The summed E-state index contributed by atoms with van der Waals surface area (Å²) in [6.07, 6.45) is 3.26. The highest BCUT2D eigenvalue weighted by molar-refractivity contribution is 6.31. The van der Waals surface area contributed by atoms with Crippen LogP contribution in [0.4, 0.5) is 0 Å². The highest BCUT2D eigenvalue weighted by Gasteiger charge is 2.31. The number of nitrogens with zero attached hydrogens (tertiary/aromatic N) is 1. The van der Waals surface area contributed by atoms with Gasteiger partial charge in [-0.2, -0.15) is 0 Å². The highest BCUT2D eigenvalue weighted by atomic mass is 35.5. The first kappa shape index (κ1) is 13.8. The van der Waals surface area contributed by atoms with Gasteiger partial charge in [0.05, 0.1) is 13.7 Å². The molecule has 1 heterocycles. The monoisotopic (exact) mass is 279 g/mol. The minimum absolute atomic E-state index is 0.0350. The fourth-order valence-electron chi connectivity index (χ4n) is 2.11. The SMILES string of the molecule is COC(=O)C(c1ccccc1Cl)N1CC=CC(=O)C1. The maximum atomic E-state index is 12.0. The molecular formula is C14H14ClNO3. The van der Waals surface area contributed by atoms with E-state index in [1.54, 1.807) is 35.2 Å². The number of ketones is 1. The predicted molar refractivity (Wildman–Crippen MR) is 71.9 cm³/mol. The molecular weight excluding hydrogens is 266 g/mol. The standard InChI is InChI=1S/C14H14ClNO3/c1-19-14(18)13(11-6-2-3-7-12(11)15)16-8-4-5-10(17)9-16/h2-7,13H,8-9H2,1H3. The Labute approximate surface area is 116 Å². The first-order valence-electron chi connectivity index (χ1n) is 5.89. The summed E-state index contributed by atoms with van der Waals surface area (Å²) < 4.78 is 4.84. The van der Waals surface area contributed by atoms with Crippen LogP contribution in [-0.2, 0) is 14.3 Å². The van der Waals surface area contributed by atoms with Gasteiger partial charge in [-0.3, -0.25) is 9.69 Å². The lowest BCUT2D eigenvalue weighted by molar-refractivity contribution is -0.147. The van der Waals surface area contributed by atoms with Crippen LogP contribution in [0.1, 0.15) is 11.6 Å². The molecule has 1 aromatic rings. The lowest BCUT2D eigenvalue weighted by atomic mass is 10.0. The molecule has 4 nitrogen and oxygen atoms in total. The van der Waals surface area contributed by atoms with Crippen molar-refractivity contribution in [3.63, 3.8) is 0 Å². The van der Waals surface area contributed by atoms with Crippen molar-refractivity contribution in [1.29, 1.82) is 0 Å². The Kier molecular flexibility index (Phi) is 4.35. The van der Waals surface area contributed by atoms with Gasteiger partial charge in [-0.25, -0.2) is 4.79 Å². The van der Waals surface area contributed by atoms with Gasteiger partial charge in [0.1, 0.15) is 6.04 Å². The maximum absolute atomic E-state index is 12.0. The van der Waals surface area contributed by atoms with Crippen LogP contribution >= 0.6 is 11.6 Å². The number of esters is 1. The summed E-state index contributed by atoms with van der Waals surface area (Å²) in [6.45, 7) is 0.693. The Bertz CT molecular complexity index is 527. The van der Waals surface area contributed by atoms with E-state index in [9.17, 15) is 9.59 Å². The molecule has 1 aliphatic heterocycles. The number of halogens is 1. The van der Waals surface area contributed by atoms with Crippen molar-refractivity contribution in [3.8, 4) is 0 Å². The van der Waals surface area contributed by atoms with Crippen molar-refractivity contribution in [2.75, 3.05) is 20.2 Å². The second kappa shape index (κ2) is 5.99.